The minimum absolute atomic E-state index is 0.0259. The molecule has 2 aromatic rings. The van der Waals surface area contributed by atoms with E-state index in [1.807, 2.05) is 69.7 Å². The number of aromatic nitrogens is 3. The zero-order chi connectivity index (χ0) is 37.2. The van der Waals surface area contributed by atoms with Gasteiger partial charge in [-0.25, -0.2) is 9.67 Å². The van der Waals surface area contributed by atoms with Crippen LogP contribution in [-0.2, 0) is 9.59 Å². The first-order valence-electron chi connectivity index (χ1n) is 17.8. The van der Waals surface area contributed by atoms with Crippen LogP contribution >= 0.6 is 0 Å². The number of rotatable bonds is 10. The van der Waals surface area contributed by atoms with Crippen LogP contribution in [-0.4, -0.2) is 69.0 Å². The Balaban J connectivity index is 0.00000133. The first kappa shape index (κ1) is 40.3. The second-order valence-corrected chi connectivity index (χ2v) is 12.4. The SMILES string of the molecule is C=C/C(=C\C=C\c1nc(-n2nc(C)cc2C)c(C=N)cc1C1C=CC=CC1)CN1CCCC(NC(=O)C2=C(C)C=CCC=C2)CC1.CC.O=CO. The number of nitrogens with zero attached hydrogens (tertiary/aromatic N) is 4. The summed E-state index contributed by atoms with van der Waals surface area (Å²) in [6.45, 7) is 16.5. The lowest BCUT2D eigenvalue weighted by Crippen LogP contribution is -2.36. The molecule has 9 nitrogen and oxygen atoms in total. The first-order valence-corrected chi connectivity index (χ1v) is 17.8. The van der Waals surface area contributed by atoms with Gasteiger partial charge in [0.15, 0.2) is 5.82 Å². The van der Waals surface area contributed by atoms with E-state index in [2.05, 4.69) is 76.6 Å². The molecule has 0 aromatic carbocycles. The van der Waals surface area contributed by atoms with Gasteiger partial charge in [-0.05, 0) is 94.3 Å². The maximum Gasteiger partial charge on any atom is 0.290 e. The van der Waals surface area contributed by atoms with Gasteiger partial charge in [-0.1, -0.05) is 87.3 Å². The van der Waals surface area contributed by atoms with Gasteiger partial charge in [-0.3, -0.25) is 14.5 Å². The van der Waals surface area contributed by atoms with Crippen LogP contribution in [0.25, 0.3) is 11.9 Å². The predicted molar refractivity (Wildman–Crippen MR) is 210 cm³/mol. The third-order valence-electron chi connectivity index (χ3n) is 8.82. The van der Waals surface area contributed by atoms with Crippen molar-refractivity contribution in [2.24, 2.45) is 0 Å². The average Bonchev–Trinajstić information content (AvgIpc) is 3.28. The molecule has 2 aliphatic carbocycles. The molecule has 1 aliphatic heterocycles. The molecule has 1 saturated heterocycles. The summed E-state index contributed by atoms with van der Waals surface area (Å²) < 4.78 is 1.83. The predicted octanol–water partition coefficient (Wildman–Crippen LogP) is 8.14. The van der Waals surface area contributed by atoms with Crippen LogP contribution < -0.4 is 5.32 Å². The Labute approximate surface area is 303 Å². The standard InChI is InChI=1S/C39H46N6O.C2H6.CH2O2/c1-5-31(27-44-22-13-18-34(21-23-44)41-39(46)35-19-11-6-8-14-28(35)2)15-12-20-37-36(32-16-9-7-10-17-32)25-33(26-40)38(42-37)45-30(4)24-29(3)43-45;1-2;2-1-3/h5,7-12,14-16,19-20,24-26,32,34,40H,1,6,13,17-18,21-23,27H2,2-4H3,(H,41,46);1-2H3;1H,(H,2,3)/b20-12+,31-15+,40-26?;;. The fraction of sp³-hybridized carbons (Fsp3) is 0.357. The van der Waals surface area contributed by atoms with E-state index in [4.69, 9.17) is 20.3 Å². The van der Waals surface area contributed by atoms with Crippen molar-refractivity contribution < 1.29 is 14.7 Å². The fourth-order valence-electron chi connectivity index (χ4n) is 6.32. The number of carbonyl (C=O) groups is 2. The lowest BCUT2D eigenvalue weighted by atomic mass is 9.90. The molecule has 5 rings (SSSR count). The summed E-state index contributed by atoms with van der Waals surface area (Å²) in [7, 11) is 0. The van der Waals surface area contributed by atoms with E-state index >= 15 is 0 Å². The summed E-state index contributed by atoms with van der Waals surface area (Å²) in [5.74, 6) is 0.878. The Morgan fingerprint density at radius 1 is 1.10 bits per heavy atom. The summed E-state index contributed by atoms with van der Waals surface area (Å²) in [4.78, 5) is 28.9. The van der Waals surface area contributed by atoms with Crippen LogP contribution in [0.2, 0.25) is 0 Å². The number of carbonyl (C=O) groups excluding carboxylic acids is 1. The molecular formula is C42H54N6O3. The van der Waals surface area contributed by atoms with Gasteiger partial charge in [0.2, 0.25) is 0 Å². The highest BCUT2D eigenvalue weighted by Crippen LogP contribution is 2.30. The van der Waals surface area contributed by atoms with Gasteiger partial charge in [-0.2, -0.15) is 5.10 Å². The van der Waals surface area contributed by atoms with Crippen molar-refractivity contribution >= 4 is 24.7 Å². The van der Waals surface area contributed by atoms with Gasteiger partial charge in [-0.15, -0.1) is 0 Å². The molecule has 0 bridgehead atoms. The van der Waals surface area contributed by atoms with E-state index < -0.39 is 0 Å². The van der Waals surface area contributed by atoms with Crippen molar-refractivity contribution in [2.45, 2.75) is 78.7 Å². The van der Waals surface area contributed by atoms with Gasteiger partial charge in [0.05, 0.1) is 11.4 Å². The molecule has 1 amide bonds. The monoisotopic (exact) mass is 690 g/mol. The van der Waals surface area contributed by atoms with E-state index in [1.54, 1.807) is 0 Å². The molecule has 9 heteroatoms. The first-order chi connectivity index (χ1) is 24.8. The van der Waals surface area contributed by atoms with E-state index in [-0.39, 0.29) is 24.3 Å². The number of hydrogen-bond donors (Lipinski definition) is 3. The van der Waals surface area contributed by atoms with Gasteiger partial charge in [0.1, 0.15) is 0 Å². The summed E-state index contributed by atoms with van der Waals surface area (Å²) >= 11 is 0. The Bertz CT molecular complexity index is 1740. The lowest BCUT2D eigenvalue weighted by Gasteiger charge is -2.21. The quantitative estimate of drug-likeness (QED) is 0.131. The van der Waals surface area contributed by atoms with Crippen molar-refractivity contribution in [1.29, 1.82) is 5.41 Å². The zero-order valence-electron chi connectivity index (χ0n) is 30.8. The number of likely N-dealkylation sites (tertiary alicyclic amines) is 1. The molecule has 3 N–H and O–H groups in total. The van der Waals surface area contributed by atoms with Gasteiger partial charge in [0.25, 0.3) is 12.4 Å². The summed E-state index contributed by atoms with van der Waals surface area (Å²) in [6, 6.07) is 4.28. The maximum atomic E-state index is 13.0. The Morgan fingerprint density at radius 2 is 1.86 bits per heavy atom. The highest BCUT2D eigenvalue weighted by atomic mass is 16.3. The summed E-state index contributed by atoms with van der Waals surface area (Å²) in [5, 5.41) is 23.0. The molecule has 2 atom stereocenters. The number of hydrogen-bond acceptors (Lipinski definition) is 6. The Kier molecular flexibility index (Phi) is 16.7. The van der Waals surface area contributed by atoms with Crippen molar-refractivity contribution in [3.63, 3.8) is 0 Å². The minimum Gasteiger partial charge on any atom is -0.483 e. The van der Waals surface area contributed by atoms with Gasteiger partial charge in [0, 0.05) is 48.1 Å². The molecule has 0 spiro atoms. The van der Waals surface area contributed by atoms with Crippen molar-refractivity contribution in [2.75, 3.05) is 19.6 Å². The van der Waals surface area contributed by atoms with Crippen LogP contribution in [0.15, 0.2) is 102 Å². The van der Waals surface area contributed by atoms with Crippen LogP contribution in [0.1, 0.15) is 87.0 Å². The molecule has 0 radical (unpaired) electrons. The Morgan fingerprint density at radius 3 is 2.53 bits per heavy atom. The third-order valence-corrected chi connectivity index (χ3v) is 8.82. The minimum atomic E-state index is -0.250. The zero-order valence-corrected chi connectivity index (χ0v) is 30.8. The highest BCUT2D eigenvalue weighted by Gasteiger charge is 2.21. The van der Waals surface area contributed by atoms with E-state index in [9.17, 15) is 4.79 Å². The normalized spacial score (nSPS) is 19.0. The molecule has 270 valence electrons. The average molecular weight is 691 g/mol. The number of allylic oxidation sites excluding steroid dienone is 10. The maximum absolute atomic E-state index is 13.0. The molecule has 2 unspecified atom stereocenters. The van der Waals surface area contributed by atoms with Gasteiger partial charge >= 0.3 is 0 Å². The second kappa shape index (κ2) is 21.2. The molecule has 0 saturated carbocycles. The van der Waals surface area contributed by atoms with Crippen LogP contribution in [0, 0.1) is 19.3 Å². The second-order valence-electron chi connectivity index (χ2n) is 12.4. The van der Waals surface area contributed by atoms with Crippen molar-refractivity contribution in [1.82, 2.24) is 25.0 Å². The number of pyridine rings is 1. The van der Waals surface area contributed by atoms with Crippen molar-refractivity contribution in [3.8, 4) is 5.82 Å². The summed E-state index contributed by atoms with van der Waals surface area (Å²) in [5.41, 5.74) is 7.51. The number of carboxylic acid groups (broad SMARTS) is 1. The number of nitrogens with one attached hydrogen (secondary N) is 2. The lowest BCUT2D eigenvalue weighted by molar-refractivity contribution is -0.123. The van der Waals surface area contributed by atoms with Crippen LogP contribution in [0.3, 0.4) is 0 Å². The third kappa shape index (κ3) is 11.7. The van der Waals surface area contributed by atoms with E-state index in [1.165, 1.54) is 6.21 Å². The largest absolute Gasteiger partial charge is 0.483 e. The van der Waals surface area contributed by atoms with Crippen molar-refractivity contribution in [3.05, 3.63) is 130 Å². The summed E-state index contributed by atoms with van der Waals surface area (Å²) in [6.07, 6.45) is 30.9. The molecular weight excluding hydrogens is 637 g/mol. The molecule has 2 aromatic heterocycles. The van der Waals surface area contributed by atoms with Crippen LogP contribution in [0.4, 0.5) is 0 Å². The van der Waals surface area contributed by atoms with Gasteiger partial charge < -0.3 is 15.8 Å². The van der Waals surface area contributed by atoms with E-state index in [0.29, 0.717) is 5.82 Å². The molecule has 1 fully saturated rings. The highest BCUT2D eigenvalue weighted by molar-refractivity contribution is 5.97. The van der Waals surface area contributed by atoms with E-state index in [0.717, 1.165) is 96.7 Å². The fourth-order valence-corrected chi connectivity index (χ4v) is 6.32. The Hall–Kier alpha value is -5.15. The van der Waals surface area contributed by atoms with Crippen LogP contribution in [0.5, 0.6) is 0 Å². The smallest absolute Gasteiger partial charge is 0.290 e. The number of amides is 1. The molecule has 3 heterocycles. The molecule has 51 heavy (non-hydrogen) atoms. The molecule has 3 aliphatic rings. The topological polar surface area (TPSA) is 124 Å². The number of aryl methyl sites for hydroxylation is 2.